The molecule has 3 rings (SSSR count). The van der Waals surface area contributed by atoms with E-state index in [1.165, 1.54) is 0 Å². The van der Waals surface area contributed by atoms with Crippen LogP contribution in [0.5, 0.6) is 0 Å². The summed E-state index contributed by atoms with van der Waals surface area (Å²) in [4.78, 5) is 22.9. The van der Waals surface area contributed by atoms with Crippen molar-refractivity contribution in [3.63, 3.8) is 0 Å². The van der Waals surface area contributed by atoms with E-state index in [0.29, 0.717) is 18.2 Å². The highest BCUT2D eigenvalue weighted by atomic mass is 16.1. The molecule has 1 saturated heterocycles. The highest BCUT2D eigenvalue weighted by Crippen LogP contribution is 2.25. The summed E-state index contributed by atoms with van der Waals surface area (Å²) < 4.78 is 2.19. The molecular weight excluding hydrogens is 290 g/mol. The second kappa shape index (κ2) is 6.81. The molecular formula is C17H23N5O. The Kier molecular flexibility index (Phi) is 4.60. The van der Waals surface area contributed by atoms with Crippen molar-refractivity contribution in [3.05, 3.63) is 42.1 Å². The molecule has 0 saturated carbocycles. The maximum atomic E-state index is 11.8. The number of carbonyl (C=O) groups excluding carboxylic acids is 1. The summed E-state index contributed by atoms with van der Waals surface area (Å²) in [5, 5.41) is 2.79. The molecule has 1 N–H and O–H groups in total. The Morgan fingerprint density at radius 2 is 2.26 bits per heavy atom. The number of rotatable bonds is 5. The average molecular weight is 313 g/mol. The molecule has 6 nitrogen and oxygen atoms in total. The number of carbonyl (C=O) groups is 1. The molecule has 6 heteroatoms. The molecule has 1 aliphatic rings. The molecule has 1 amide bonds. The SMILES string of the molecule is CCNC(=O)c1ccc(N2CCC[C@H]2Cn2ccnc2C)nc1. The lowest BCUT2D eigenvalue weighted by molar-refractivity contribution is 0.0955. The minimum absolute atomic E-state index is 0.0708. The van der Waals surface area contributed by atoms with Crippen LogP contribution in [-0.2, 0) is 6.54 Å². The molecule has 0 unspecified atom stereocenters. The molecule has 1 atom stereocenters. The predicted octanol–water partition coefficient (Wildman–Crippen LogP) is 2.01. The van der Waals surface area contributed by atoms with Gasteiger partial charge in [0, 0.05) is 44.3 Å². The third-order valence-electron chi connectivity index (χ3n) is 4.35. The molecule has 23 heavy (non-hydrogen) atoms. The Morgan fingerprint density at radius 3 is 2.91 bits per heavy atom. The Balaban J connectivity index is 1.72. The van der Waals surface area contributed by atoms with E-state index >= 15 is 0 Å². The summed E-state index contributed by atoms with van der Waals surface area (Å²) >= 11 is 0. The highest BCUT2D eigenvalue weighted by molar-refractivity contribution is 5.94. The molecule has 0 spiro atoms. The van der Waals surface area contributed by atoms with Crippen LogP contribution in [0.4, 0.5) is 5.82 Å². The second-order valence-corrected chi connectivity index (χ2v) is 5.88. The van der Waals surface area contributed by atoms with Crippen LogP contribution in [0.25, 0.3) is 0 Å². The van der Waals surface area contributed by atoms with Crippen molar-refractivity contribution >= 4 is 11.7 Å². The van der Waals surface area contributed by atoms with E-state index in [2.05, 4.69) is 24.8 Å². The summed E-state index contributed by atoms with van der Waals surface area (Å²) in [7, 11) is 0. The maximum absolute atomic E-state index is 11.8. The van der Waals surface area contributed by atoms with Crippen LogP contribution in [0.2, 0.25) is 0 Å². The summed E-state index contributed by atoms with van der Waals surface area (Å²) in [6.07, 6.45) is 7.85. The normalized spacial score (nSPS) is 17.5. The quantitative estimate of drug-likeness (QED) is 0.917. The molecule has 2 aromatic rings. The van der Waals surface area contributed by atoms with Gasteiger partial charge in [-0.3, -0.25) is 4.79 Å². The maximum Gasteiger partial charge on any atom is 0.252 e. The van der Waals surface area contributed by atoms with E-state index < -0.39 is 0 Å². The van der Waals surface area contributed by atoms with Gasteiger partial charge in [0.25, 0.3) is 5.91 Å². The van der Waals surface area contributed by atoms with Gasteiger partial charge in [-0.1, -0.05) is 0 Å². The molecule has 1 fully saturated rings. The molecule has 2 aromatic heterocycles. The smallest absolute Gasteiger partial charge is 0.252 e. The van der Waals surface area contributed by atoms with E-state index in [1.807, 2.05) is 38.4 Å². The van der Waals surface area contributed by atoms with Gasteiger partial charge in [0.2, 0.25) is 0 Å². The van der Waals surface area contributed by atoms with E-state index in [0.717, 1.165) is 37.6 Å². The second-order valence-electron chi connectivity index (χ2n) is 5.88. The standard InChI is InChI=1S/C17H23N5O/c1-3-18-17(23)14-6-7-16(20-11-14)22-9-4-5-15(22)12-21-10-8-19-13(21)2/h6-8,10-11,15H,3-5,9,12H2,1-2H3,(H,18,23)/t15-/m0/s1. The Hall–Kier alpha value is -2.37. The Labute approximate surface area is 136 Å². The first-order valence-corrected chi connectivity index (χ1v) is 8.17. The fourth-order valence-electron chi connectivity index (χ4n) is 3.10. The first-order valence-electron chi connectivity index (χ1n) is 8.17. The molecule has 0 radical (unpaired) electrons. The minimum atomic E-state index is -0.0708. The van der Waals surface area contributed by atoms with Crippen molar-refractivity contribution in [3.8, 4) is 0 Å². The topological polar surface area (TPSA) is 63.1 Å². The van der Waals surface area contributed by atoms with Gasteiger partial charge in [0.05, 0.1) is 5.56 Å². The number of imidazole rings is 1. The third kappa shape index (κ3) is 3.36. The van der Waals surface area contributed by atoms with Crippen LogP contribution in [0.1, 0.15) is 35.9 Å². The number of hydrogen-bond acceptors (Lipinski definition) is 4. The summed E-state index contributed by atoms with van der Waals surface area (Å²) in [6, 6.07) is 4.22. The van der Waals surface area contributed by atoms with Crippen molar-refractivity contribution in [2.75, 3.05) is 18.0 Å². The predicted molar refractivity (Wildman–Crippen MR) is 89.6 cm³/mol. The molecule has 0 aliphatic carbocycles. The van der Waals surface area contributed by atoms with Gasteiger partial charge in [-0.25, -0.2) is 9.97 Å². The number of anilines is 1. The van der Waals surface area contributed by atoms with Gasteiger partial charge in [-0.15, -0.1) is 0 Å². The third-order valence-corrected chi connectivity index (χ3v) is 4.35. The van der Waals surface area contributed by atoms with Crippen molar-refractivity contribution in [2.45, 2.75) is 39.3 Å². The summed E-state index contributed by atoms with van der Waals surface area (Å²) in [6.45, 7) is 6.49. The monoisotopic (exact) mass is 313 g/mol. The zero-order valence-corrected chi connectivity index (χ0v) is 13.7. The molecule has 3 heterocycles. The average Bonchev–Trinajstić information content (AvgIpc) is 3.18. The first-order chi connectivity index (χ1) is 11.2. The molecule has 1 aliphatic heterocycles. The number of hydrogen-bond donors (Lipinski definition) is 1. The van der Waals surface area contributed by atoms with E-state index in [9.17, 15) is 4.79 Å². The fraction of sp³-hybridized carbons (Fsp3) is 0.471. The van der Waals surface area contributed by atoms with Crippen LogP contribution >= 0.6 is 0 Å². The minimum Gasteiger partial charge on any atom is -0.352 e. The van der Waals surface area contributed by atoms with Gasteiger partial charge in [-0.2, -0.15) is 0 Å². The van der Waals surface area contributed by atoms with E-state index in [4.69, 9.17) is 0 Å². The lowest BCUT2D eigenvalue weighted by atomic mass is 10.2. The van der Waals surface area contributed by atoms with Crippen LogP contribution < -0.4 is 10.2 Å². The number of amides is 1. The molecule has 0 bridgehead atoms. The molecule has 122 valence electrons. The zero-order chi connectivity index (χ0) is 16.2. The number of aromatic nitrogens is 3. The van der Waals surface area contributed by atoms with Crippen LogP contribution in [0.15, 0.2) is 30.7 Å². The number of nitrogens with zero attached hydrogens (tertiary/aromatic N) is 4. The van der Waals surface area contributed by atoms with Crippen molar-refractivity contribution in [1.29, 1.82) is 0 Å². The Morgan fingerprint density at radius 1 is 1.39 bits per heavy atom. The van der Waals surface area contributed by atoms with Gasteiger partial charge in [0.15, 0.2) is 0 Å². The van der Waals surface area contributed by atoms with Crippen LogP contribution in [0, 0.1) is 6.92 Å². The van der Waals surface area contributed by atoms with E-state index in [-0.39, 0.29) is 5.91 Å². The lowest BCUT2D eigenvalue weighted by Crippen LogP contribution is -2.33. The fourth-order valence-corrected chi connectivity index (χ4v) is 3.10. The summed E-state index contributed by atoms with van der Waals surface area (Å²) in [5.41, 5.74) is 0.608. The lowest BCUT2D eigenvalue weighted by Gasteiger charge is -2.26. The molecule has 0 aromatic carbocycles. The number of pyridine rings is 1. The summed E-state index contributed by atoms with van der Waals surface area (Å²) in [5.74, 6) is 1.91. The van der Waals surface area contributed by atoms with Crippen molar-refractivity contribution in [2.24, 2.45) is 0 Å². The van der Waals surface area contributed by atoms with Crippen molar-refractivity contribution < 1.29 is 4.79 Å². The van der Waals surface area contributed by atoms with E-state index in [1.54, 1.807) is 6.20 Å². The largest absolute Gasteiger partial charge is 0.352 e. The number of aryl methyl sites for hydroxylation is 1. The van der Waals surface area contributed by atoms with Crippen LogP contribution in [0.3, 0.4) is 0 Å². The van der Waals surface area contributed by atoms with Gasteiger partial charge in [0.1, 0.15) is 11.6 Å². The van der Waals surface area contributed by atoms with Crippen LogP contribution in [-0.4, -0.2) is 39.6 Å². The Bertz CT molecular complexity index is 664. The number of nitrogens with one attached hydrogen (secondary N) is 1. The van der Waals surface area contributed by atoms with Gasteiger partial charge >= 0.3 is 0 Å². The van der Waals surface area contributed by atoms with Crippen molar-refractivity contribution in [1.82, 2.24) is 19.9 Å². The van der Waals surface area contributed by atoms with Gasteiger partial charge in [-0.05, 0) is 38.8 Å². The first kappa shape index (κ1) is 15.5. The van der Waals surface area contributed by atoms with Gasteiger partial charge < -0.3 is 14.8 Å². The highest BCUT2D eigenvalue weighted by Gasteiger charge is 2.26. The zero-order valence-electron chi connectivity index (χ0n) is 13.7.